The normalized spacial score (nSPS) is 16.4. The lowest BCUT2D eigenvalue weighted by Crippen LogP contribution is -2.50. The van der Waals surface area contributed by atoms with Gasteiger partial charge in [0.15, 0.2) is 0 Å². The van der Waals surface area contributed by atoms with Crippen molar-refractivity contribution in [3.05, 3.63) is 23.8 Å². The van der Waals surface area contributed by atoms with Crippen LogP contribution >= 0.6 is 0 Å². The third-order valence-corrected chi connectivity index (χ3v) is 4.74. The van der Waals surface area contributed by atoms with Crippen LogP contribution in [0.3, 0.4) is 0 Å². The molecule has 0 spiro atoms. The van der Waals surface area contributed by atoms with E-state index in [0.29, 0.717) is 19.5 Å². The number of rotatable bonds is 7. The summed E-state index contributed by atoms with van der Waals surface area (Å²) < 4.78 is 5.78. The second-order valence-corrected chi connectivity index (χ2v) is 8.84. The van der Waals surface area contributed by atoms with Crippen LogP contribution in [0.4, 0.5) is 16.2 Å². The van der Waals surface area contributed by atoms with Gasteiger partial charge in [0, 0.05) is 57.1 Å². The SMILES string of the molecule is CCC(=O)Nc1ccc(N(C)C)c(CN(C[C@@H]2CCCO2)C(=O)NC(C)(C)C)c1. The fourth-order valence-electron chi connectivity index (χ4n) is 3.33. The Labute approximate surface area is 174 Å². The van der Waals surface area contributed by atoms with Crippen LogP contribution in [0.2, 0.25) is 0 Å². The Hall–Kier alpha value is -2.28. The average Bonchev–Trinajstić information content (AvgIpc) is 3.12. The third kappa shape index (κ3) is 7.24. The highest BCUT2D eigenvalue weighted by Crippen LogP contribution is 2.26. The zero-order chi connectivity index (χ0) is 21.6. The maximum Gasteiger partial charge on any atom is 0.318 e. The number of carbonyl (C=O) groups excluding carboxylic acids is 2. The van der Waals surface area contributed by atoms with E-state index in [-0.39, 0.29) is 23.6 Å². The molecule has 29 heavy (non-hydrogen) atoms. The molecule has 0 aliphatic carbocycles. The van der Waals surface area contributed by atoms with Gasteiger partial charge >= 0.3 is 6.03 Å². The van der Waals surface area contributed by atoms with Gasteiger partial charge in [-0.15, -0.1) is 0 Å². The van der Waals surface area contributed by atoms with E-state index in [4.69, 9.17) is 4.74 Å². The highest BCUT2D eigenvalue weighted by Gasteiger charge is 2.26. The standard InChI is InChI=1S/C22H36N4O3/c1-7-20(27)23-17-10-11-19(25(5)6)16(13-17)14-26(15-18-9-8-12-29-18)21(28)24-22(2,3)4/h10-11,13,18H,7-9,12,14-15H2,1-6H3,(H,23,27)(H,24,28)/t18-/m0/s1. The molecule has 0 bridgehead atoms. The predicted molar refractivity (Wildman–Crippen MR) is 117 cm³/mol. The van der Waals surface area contributed by atoms with Crippen molar-refractivity contribution >= 4 is 23.3 Å². The minimum Gasteiger partial charge on any atom is -0.377 e. The van der Waals surface area contributed by atoms with Gasteiger partial charge in [0.05, 0.1) is 6.10 Å². The topological polar surface area (TPSA) is 73.9 Å². The van der Waals surface area contributed by atoms with Gasteiger partial charge < -0.3 is 25.2 Å². The summed E-state index contributed by atoms with van der Waals surface area (Å²) >= 11 is 0. The van der Waals surface area contributed by atoms with Crippen LogP contribution < -0.4 is 15.5 Å². The van der Waals surface area contributed by atoms with E-state index in [1.165, 1.54) is 0 Å². The molecule has 0 aromatic heterocycles. The minimum atomic E-state index is -0.326. The van der Waals surface area contributed by atoms with Crippen LogP contribution in [-0.2, 0) is 16.1 Å². The molecule has 0 saturated carbocycles. The molecule has 1 aliphatic rings. The molecule has 162 valence electrons. The summed E-state index contributed by atoms with van der Waals surface area (Å²) in [5.41, 5.74) is 2.41. The summed E-state index contributed by atoms with van der Waals surface area (Å²) in [6, 6.07) is 5.72. The van der Waals surface area contributed by atoms with Gasteiger partial charge in [0.2, 0.25) is 5.91 Å². The van der Waals surface area contributed by atoms with E-state index < -0.39 is 0 Å². The van der Waals surface area contributed by atoms with Gasteiger partial charge in [0.25, 0.3) is 0 Å². The molecule has 1 aromatic carbocycles. The molecule has 0 unspecified atom stereocenters. The van der Waals surface area contributed by atoms with Gasteiger partial charge in [0.1, 0.15) is 0 Å². The number of amides is 3. The lowest BCUT2D eigenvalue weighted by Gasteiger charge is -2.31. The van der Waals surface area contributed by atoms with Crippen LogP contribution in [0, 0.1) is 0 Å². The Morgan fingerprint density at radius 2 is 1.97 bits per heavy atom. The predicted octanol–water partition coefficient (Wildman–Crippen LogP) is 3.59. The van der Waals surface area contributed by atoms with E-state index in [1.807, 2.05) is 69.8 Å². The van der Waals surface area contributed by atoms with E-state index in [0.717, 1.165) is 36.4 Å². The van der Waals surface area contributed by atoms with Crippen LogP contribution in [0.1, 0.15) is 52.5 Å². The number of anilines is 2. The molecule has 1 fully saturated rings. The number of carbonyl (C=O) groups is 2. The summed E-state index contributed by atoms with van der Waals surface area (Å²) in [5.74, 6) is -0.0322. The van der Waals surface area contributed by atoms with Crippen molar-refractivity contribution in [3.8, 4) is 0 Å². The lowest BCUT2D eigenvalue weighted by molar-refractivity contribution is -0.115. The Morgan fingerprint density at radius 1 is 1.24 bits per heavy atom. The van der Waals surface area contributed by atoms with Gasteiger partial charge in [-0.3, -0.25) is 4.79 Å². The van der Waals surface area contributed by atoms with Gasteiger partial charge in [-0.05, 0) is 57.4 Å². The minimum absolute atomic E-state index is 0.0322. The zero-order valence-electron chi connectivity index (χ0n) is 18.7. The maximum absolute atomic E-state index is 13.0. The molecular weight excluding hydrogens is 368 g/mol. The summed E-state index contributed by atoms with van der Waals surface area (Å²) in [6.07, 6.45) is 2.48. The van der Waals surface area contributed by atoms with Crippen molar-refractivity contribution in [3.63, 3.8) is 0 Å². The van der Waals surface area contributed by atoms with Crippen molar-refractivity contribution < 1.29 is 14.3 Å². The van der Waals surface area contributed by atoms with E-state index >= 15 is 0 Å². The molecule has 1 aromatic rings. The maximum atomic E-state index is 13.0. The molecule has 7 heteroatoms. The molecule has 1 saturated heterocycles. The fraction of sp³-hybridized carbons (Fsp3) is 0.636. The summed E-state index contributed by atoms with van der Waals surface area (Å²) in [6.45, 7) is 9.47. The van der Waals surface area contributed by atoms with E-state index in [1.54, 1.807) is 0 Å². The molecule has 3 amide bonds. The van der Waals surface area contributed by atoms with Crippen LogP contribution in [0.5, 0.6) is 0 Å². The van der Waals surface area contributed by atoms with Gasteiger partial charge in [-0.25, -0.2) is 4.79 Å². The monoisotopic (exact) mass is 404 g/mol. The number of ether oxygens (including phenoxy) is 1. The quantitative estimate of drug-likeness (QED) is 0.728. The largest absolute Gasteiger partial charge is 0.377 e. The van der Waals surface area contributed by atoms with Gasteiger partial charge in [-0.2, -0.15) is 0 Å². The Bertz CT molecular complexity index is 706. The Kier molecular flexibility index (Phi) is 7.90. The van der Waals surface area contributed by atoms with Crippen molar-refractivity contribution in [2.75, 3.05) is 37.5 Å². The second-order valence-electron chi connectivity index (χ2n) is 8.84. The molecule has 1 atom stereocenters. The van der Waals surface area contributed by atoms with Gasteiger partial charge in [-0.1, -0.05) is 6.92 Å². The first-order chi connectivity index (χ1) is 13.6. The molecule has 0 radical (unpaired) electrons. The lowest BCUT2D eigenvalue weighted by atomic mass is 10.1. The van der Waals surface area contributed by atoms with Crippen molar-refractivity contribution in [1.82, 2.24) is 10.2 Å². The number of nitrogens with one attached hydrogen (secondary N) is 2. The molecule has 1 aliphatic heterocycles. The van der Waals surface area contributed by atoms with Crippen LogP contribution in [0.25, 0.3) is 0 Å². The van der Waals surface area contributed by atoms with Crippen LogP contribution in [0.15, 0.2) is 18.2 Å². The number of hydrogen-bond acceptors (Lipinski definition) is 4. The zero-order valence-corrected chi connectivity index (χ0v) is 18.7. The first-order valence-corrected chi connectivity index (χ1v) is 10.4. The molecule has 7 nitrogen and oxygen atoms in total. The first kappa shape index (κ1) is 23.0. The summed E-state index contributed by atoms with van der Waals surface area (Å²) in [5, 5.41) is 5.98. The fourth-order valence-corrected chi connectivity index (χ4v) is 3.33. The smallest absolute Gasteiger partial charge is 0.318 e. The van der Waals surface area contributed by atoms with E-state index in [2.05, 4.69) is 10.6 Å². The third-order valence-electron chi connectivity index (χ3n) is 4.74. The number of hydrogen-bond donors (Lipinski definition) is 2. The Morgan fingerprint density at radius 3 is 2.52 bits per heavy atom. The molecule has 1 heterocycles. The summed E-state index contributed by atoms with van der Waals surface area (Å²) in [7, 11) is 3.95. The Balaban J connectivity index is 2.29. The first-order valence-electron chi connectivity index (χ1n) is 10.4. The second kappa shape index (κ2) is 9.96. The summed E-state index contributed by atoms with van der Waals surface area (Å²) in [4.78, 5) is 28.7. The highest BCUT2D eigenvalue weighted by atomic mass is 16.5. The number of benzene rings is 1. The van der Waals surface area contributed by atoms with Crippen molar-refractivity contribution in [1.29, 1.82) is 0 Å². The van der Waals surface area contributed by atoms with Crippen molar-refractivity contribution in [2.45, 2.75) is 65.1 Å². The highest BCUT2D eigenvalue weighted by molar-refractivity contribution is 5.91. The number of urea groups is 1. The average molecular weight is 405 g/mol. The van der Waals surface area contributed by atoms with E-state index in [9.17, 15) is 9.59 Å². The molecular formula is C22H36N4O3. The number of nitrogens with zero attached hydrogens (tertiary/aromatic N) is 2. The molecule has 2 N–H and O–H groups in total. The molecule has 2 rings (SSSR count). The van der Waals surface area contributed by atoms with Crippen LogP contribution in [-0.4, -0.2) is 55.7 Å². The van der Waals surface area contributed by atoms with Crippen molar-refractivity contribution in [2.24, 2.45) is 0 Å².